The molecule has 3 rings (SSSR count). The maximum Gasteiger partial charge on any atom is 0.0561 e. The summed E-state index contributed by atoms with van der Waals surface area (Å²) in [5.41, 5.74) is 2.04. The Balaban J connectivity index is 1.57. The predicted molar refractivity (Wildman–Crippen MR) is 114 cm³/mol. The van der Waals surface area contributed by atoms with Crippen LogP contribution < -0.4 is 4.31 Å². The Morgan fingerprint density at radius 1 is 0.815 bits per heavy atom. The standard InChI is InChI=1S/C22H24ClNO2S/c23-21-15-8-14-20-19(21)13-9-16-22(20)24(27(25)26)17-7-2-1-4-10-18-11-5-3-6-12-18/h3,5-6,8-9,11-16H,1-2,4,7,10,17H2,(H,25,26)/p-1. The van der Waals surface area contributed by atoms with Crippen LogP contribution in [-0.2, 0) is 17.7 Å². The number of aryl methyl sites for hydroxylation is 1. The lowest BCUT2D eigenvalue weighted by Gasteiger charge is -2.27. The summed E-state index contributed by atoms with van der Waals surface area (Å²) in [6, 6.07) is 21.6. The molecule has 142 valence electrons. The Bertz CT molecular complexity index is 901. The molecule has 0 saturated heterocycles. The fourth-order valence-electron chi connectivity index (χ4n) is 3.33. The van der Waals surface area contributed by atoms with E-state index in [2.05, 4.69) is 24.3 Å². The molecule has 27 heavy (non-hydrogen) atoms. The number of anilines is 1. The van der Waals surface area contributed by atoms with Gasteiger partial charge in [-0.05, 0) is 37.0 Å². The molecule has 0 aromatic heterocycles. The van der Waals surface area contributed by atoms with Crippen molar-refractivity contribution in [1.82, 2.24) is 0 Å². The second-order valence-electron chi connectivity index (χ2n) is 6.58. The van der Waals surface area contributed by atoms with Gasteiger partial charge < -0.3 is 8.86 Å². The Morgan fingerprint density at radius 3 is 2.30 bits per heavy atom. The largest absolute Gasteiger partial charge is 0.755 e. The van der Waals surface area contributed by atoms with E-state index in [0.717, 1.165) is 42.9 Å². The summed E-state index contributed by atoms with van der Waals surface area (Å²) in [5, 5.41) is 2.36. The van der Waals surface area contributed by atoms with Gasteiger partial charge in [-0.2, -0.15) is 0 Å². The van der Waals surface area contributed by atoms with Gasteiger partial charge in [0.2, 0.25) is 0 Å². The molecule has 0 aliphatic heterocycles. The van der Waals surface area contributed by atoms with E-state index in [-0.39, 0.29) is 0 Å². The van der Waals surface area contributed by atoms with Gasteiger partial charge in [0.1, 0.15) is 0 Å². The van der Waals surface area contributed by atoms with Crippen LogP contribution in [0.1, 0.15) is 31.2 Å². The molecule has 3 aromatic rings. The number of fused-ring (bicyclic) bond motifs is 1. The van der Waals surface area contributed by atoms with E-state index in [9.17, 15) is 8.76 Å². The molecule has 3 aromatic carbocycles. The summed E-state index contributed by atoms with van der Waals surface area (Å²) in [6.45, 7) is 0.479. The molecule has 1 unspecified atom stereocenters. The highest BCUT2D eigenvalue weighted by Gasteiger charge is 2.12. The molecule has 3 nitrogen and oxygen atoms in total. The van der Waals surface area contributed by atoms with Crippen molar-refractivity contribution in [3.8, 4) is 0 Å². The summed E-state index contributed by atoms with van der Waals surface area (Å²) < 4.78 is 25.1. The zero-order valence-corrected chi connectivity index (χ0v) is 16.7. The summed E-state index contributed by atoms with van der Waals surface area (Å²) in [4.78, 5) is 0. The quantitative estimate of drug-likeness (QED) is 0.331. The van der Waals surface area contributed by atoms with Crippen LogP contribution in [0, 0.1) is 0 Å². The average molecular weight is 401 g/mol. The van der Waals surface area contributed by atoms with Crippen LogP contribution in [0.15, 0.2) is 66.7 Å². The fourth-order valence-corrected chi connectivity index (χ4v) is 4.17. The van der Waals surface area contributed by atoms with E-state index in [1.54, 1.807) is 0 Å². The Morgan fingerprint density at radius 2 is 1.52 bits per heavy atom. The van der Waals surface area contributed by atoms with Crippen molar-refractivity contribution >= 4 is 39.3 Å². The molecule has 5 heteroatoms. The van der Waals surface area contributed by atoms with Crippen molar-refractivity contribution < 1.29 is 8.76 Å². The van der Waals surface area contributed by atoms with Gasteiger partial charge in [0.25, 0.3) is 0 Å². The van der Waals surface area contributed by atoms with Crippen LogP contribution in [0.5, 0.6) is 0 Å². The first kappa shape index (κ1) is 19.9. The van der Waals surface area contributed by atoms with Crippen LogP contribution >= 0.6 is 11.6 Å². The molecule has 0 N–H and O–H groups in total. The summed E-state index contributed by atoms with van der Waals surface area (Å²) in [7, 11) is 0. The van der Waals surface area contributed by atoms with Crippen molar-refractivity contribution in [2.45, 2.75) is 32.1 Å². The number of nitrogens with zero attached hydrogens (tertiary/aromatic N) is 1. The van der Waals surface area contributed by atoms with E-state index < -0.39 is 11.3 Å². The van der Waals surface area contributed by atoms with Crippen molar-refractivity contribution in [2.24, 2.45) is 0 Å². The minimum Gasteiger partial charge on any atom is -0.755 e. The molecule has 0 aliphatic rings. The van der Waals surface area contributed by atoms with Gasteiger partial charge in [0.05, 0.1) is 5.69 Å². The SMILES string of the molecule is O=S([O-])N(CCCCCCc1ccccc1)c1cccc2c(Cl)cccc12. The van der Waals surface area contributed by atoms with Crippen molar-refractivity contribution in [1.29, 1.82) is 0 Å². The number of benzene rings is 3. The average Bonchev–Trinajstić information content (AvgIpc) is 2.68. The first-order chi connectivity index (χ1) is 13.2. The molecular weight excluding hydrogens is 378 g/mol. The molecule has 1 atom stereocenters. The lowest BCUT2D eigenvalue weighted by Crippen LogP contribution is -2.26. The third-order valence-electron chi connectivity index (χ3n) is 4.71. The summed E-state index contributed by atoms with van der Waals surface area (Å²) >= 11 is 3.94. The van der Waals surface area contributed by atoms with E-state index >= 15 is 0 Å². The van der Waals surface area contributed by atoms with E-state index in [0.29, 0.717) is 17.3 Å². The second-order valence-corrected chi connectivity index (χ2v) is 7.86. The smallest absolute Gasteiger partial charge is 0.0561 e. The zero-order chi connectivity index (χ0) is 19.1. The topological polar surface area (TPSA) is 43.4 Å². The lowest BCUT2D eigenvalue weighted by molar-refractivity contribution is 0.529. The normalized spacial score (nSPS) is 12.2. The highest BCUT2D eigenvalue weighted by Crippen LogP contribution is 2.32. The maximum atomic E-state index is 11.8. The van der Waals surface area contributed by atoms with E-state index in [1.165, 1.54) is 9.87 Å². The van der Waals surface area contributed by atoms with Crippen LogP contribution in [0.25, 0.3) is 10.8 Å². The number of unbranched alkanes of at least 4 members (excludes halogenated alkanes) is 3. The first-order valence-electron chi connectivity index (χ1n) is 9.25. The van der Waals surface area contributed by atoms with Crippen LogP contribution in [0.2, 0.25) is 5.02 Å². The molecular formula is C22H23ClNO2S-. The number of halogens is 1. The number of rotatable bonds is 9. The van der Waals surface area contributed by atoms with Gasteiger partial charge in [0.15, 0.2) is 0 Å². The molecule has 0 spiro atoms. The molecule has 0 bridgehead atoms. The molecule has 0 aliphatic carbocycles. The Hall–Kier alpha value is -1.88. The van der Waals surface area contributed by atoms with Crippen LogP contribution in [0.4, 0.5) is 5.69 Å². The molecule has 0 saturated carbocycles. The van der Waals surface area contributed by atoms with Gasteiger partial charge in [-0.25, -0.2) is 0 Å². The van der Waals surface area contributed by atoms with Crippen LogP contribution in [-0.4, -0.2) is 15.3 Å². The van der Waals surface area contributed by atoms with Gasteiger partial charge in [-0.1, -0.05) is 79.0 Å². The van der Waals surface area contributed by atoms with Gasteiger partial charge >= 0.3 is 0 Å². The Labute approximate surface area is 168 Å². The third kappa shape index (κ3) is 5.32. The molecule has 0 heterocycles. The second kappa shape index (κ2) is 9.88. The van der Waals surface area contributed by atoms with E-state index in [4.69, 9.17) is 11.6 Å². The van der Waals surface area contributed by atoms with E-state index in [1.807, 2.05) is 42.5 Å². The molecule has 0 amide bonds. The molecule has 0 radical (unpaired) electrons. The first-order valence-corrected chi connectivity index (χ1v) is 10.7. The van der Waals surface area contributed by atoms with Crippen LogP contribution in [0.3, 0.4) is 0 Å². The fraction of sp³-hybridized carbons (Fsp3) is 0.273. The van der Waals surface area contributed by atoms with Gasteiger partial charge in [-0.15, -0.1) is 0 Å². The molecule has 0 fully saturated rings. The predicted octanol–water partition coefficient (Wildman–Crippen LogP) is 5.90. The van der Waals surface area contributed by atoms with Crippen molar-refractivity contribution in [2.75, 3.05) is 10.8 Å². The van der Waals surface area contributed by atoms with Crippen molar-refractivity contribution in [3.63, 3.8) is 0 Å². The minimum absolute atomic E-state index is 0.479. The summed E-state index contributed by atoms with van der Waals surface area (Å²) in [5.74, 6) is 0. The summed E-state index contributed by atoms with van der Waals surface area (Å²) in [6.07, 6.45) is 5.12. The third-order valence-corrected chi connectivity index (χ3v) is 5.78. The maximum absolute atomic E-state index is 11.8. The zero-order valence-electron chi connectivity index (χ0n) is 15.1. The minimum atomic E-state index is -2.31. The lowest BCUT2D eigenvalue weighted by atomic mass is 10.1. The monoisotopic (exact) mass is 400 g/mol. The Kier molecular flexibility index (Phi) is 7.27. The van der Waals surface area contributed by atoms with Crippen molar-refractivity contribution in [3.05, 3.63) is 77.3 Å². The highest BCUT2D eigenvalue weighted by molar-refractivity contribution is 7.80. The number of hydrogen-bond donors (Lipinski definition) is 0. The highest BCUT2D eigenvalue weighted by atomic mass is 35.5. The van der Waals surface area contributed by atoms with Gasteiger partial charge in [0, 0.05) is 33.6 Å². The van der Waals surface area contributed by atoms with Gasteiger partial charge in [-0.3, -0.25) is 4.21 Å². The number of hydrogen-bond acceptors (Lipinski definition) is 2.